The lowest BCUT2D eigenvalue weighted by Crippen LogP contribution is -2.02. The average molecular weight is 316 g/mol. The molecule has 0 saturated heterocycles. The Morgan fingerprint density at radius 2 is 1.38 bits per heavy atom. The number of hydrogen-bond acceptors (Lipinski definition) is 0. The number of halogens is 1. The van der Waals surface area contributed by atoms with Crippen LogP contribution in [0.5, 0.6) is 0 Å². The summed E-state index contributed by atoms with van der Waals surface area (Å²) in [6, 6.07) is 0. The largest absolute Gasteiger partial charge is 0.188 e. The minimum absolute atomic E-state index is 0.232. The third-order valence-corrected chi connectivity index (χ3v) is 10.8. The van der Waals surface area contributed by atoms with E-state index in [9.17, 15) is 0 Å². The molecule has 13 heavy (non-hydrogen) atoms. The van der Waals surface area contributed by atoms with Crippen molar-refractivity contribution in [2.75, 3.05) is 17.3 Å². The molecule has 82 valence electrons. The number of rotatable bonds is 8. The summed E-state index contributed by atoms with van der Waals surface area (Å²) < 4.78 is 0. The summed E-state index contributed by atoms with van der Waals surface area (Å²) in [5, 5.41) is 0. The fourth-order valence-corrected chi connectivity index (χ4v) is 4.10. The number of unbranched alkanes of at least 4 members (excludes halogenated alkanes) is 4. The van der Waals surface area contributed by atoms with Gasteiger partial charge in [-0.2, -0.15) is 7.20 Å². The molecule has 0 aromatic rings. The highest BCUT2D eigenvalue weighted by Gasteiger charge is 2.14. The SMILES string of the molecule is CCCCCCCS(I)(CC)CC. The Labute approximate surface area is 98.2 Å². The van der Waals surface area contributed by atoms with Gasteiger partial charge in [0, 0.05) is 0 Å². The van der Waals surface area contributed by atoms with E-state index in [1.807, 2.05) is 0 Å². The molecule has 0 atom stereocenters. The van der Waals surface area contributed by atoms with Crippen LogP contribution in [0.25, 0.3) is 0 Å². The van der Waals surface area contributed by atoms with Crippen molar-refractivity contribution in [2.45, 2.75) is 52.9 Å². The first-order valence-electron chi connectivity index (χ1n) is 5.64. The Hall–Kier alpha value is 1.08. The third-order valence-electron chi connectivity index (χ3n) is 2.65. The highest BCUT2D eigenvalue weighted by Crippen LogP contribution is 2.56. The smallest absolute Gasteiger partial charge is 0.0144 e. The Morgan fingerprint density at radius 1 is 0.846 bits per heavy atom. The predicted octanol–water partition coefficient (Wildman–Crippen LogP) is 5.15. The van der Waals surface area contributed by atoms with E-state index in [0.29, 0.717) is 0 Å². The molecular formula is C11H25IS. The minimum atomic E-state index is -0.232. The van der Waals surface area contributed by atoms with Crippen LogP contribution in [-0.4, -0.2) is 17.3 Å². The molecule has 0 radical (unpaired) electrons. The van der Waals surface area contributed by atoms with Crippen molar-refractivity contribution in [3.05, 3.63) is 0 Å². The highest BCUT2D eigenvalue weighted by molar-refractivity contribution is 14.2. The van der Waals surface area contributed by atoms with Crippen molar-refractivity contribution >= 4 is 28.4 Å². The predicted molar refractivity (Wildman–Crippen MR) is 76.3 cm³/mol. The van der Waals surface area contributed by atoms with Gasteiger partial charge in [-0.25, -0.2) is 0 Å². The molecule has 0 aromatic heterocycles. The van der Waals surface area contributed by atoms with Crippen LogP contribution in [0.2, 0.25) is 0 Å². The zero-order valence-corrected chi connectivity index (χ0v) is 12.4. The van der Waals surface area contributed by atoms with Crippen molar-refractivity contribution in [3.63, 3.8) is 0 Å². The quantitative estimate of drug-likeness (QED) is 0.429. The van der Waals surface area contributed by atoms with Gasteiger partial charge >= 0.3 is 0 Å². The summed E-state index contributed by atoms with van der Waals surface area (Å²) in [7, 11) is -0.232. The van der Waals surface area contributed by atoms with Gasteiger partial charge in [0.05, 0.1) is 0 Å². The molecule has 2 heteroatoms. The van der Waals surface area contributed by atoms with Gasteiger partial charge in [0.2, 0.25) is 0 Å². The van der Waals surface area contributed by atoms with Crippen molar-refractivity contribution in [2.24, 2.45) is 0 Å². The summed E-state index contributed by atoms with van der Waals surface area (Å²) in [5.74, 6) is 4.33. The topological polar surface area (TPSA) is 0 Å². The molecule has 0 bridgehead atoms. The van der Waals surface area contributed by atoms with Crippen LogP contribution >= 0.6 is 28.4 Å². The van der Waals surface area contributed by atoms with Crippen LogP contribution < -0.4 is 0 Å². The van der Waals surface area contributed by atoms with Crippen LogP contribution in [-0.2, 0) is 0 Å². The van der Waals surface area contributed by atoms with E-state index in [1.165, 1.54) is 49.4 Å². The van der Waals surface area contributed by atoms with Crippen LogP contribution in [0, 0.1) is 0 Å². The first kappa shape index (κ1) is 14.1. The van der Waals surface area contributed by atoms with Crippen molar-refractivity contribution < 1.29 is 0 Å². The molecule has 0 aliphatic rings. The Morgan fingerprint density at radius 3 is 1.85 bits per heavy atom. The molecule has 0 unspecified atom stereocenters. The van der Waals surface area contributed by atoms with E-state index >= 15 is 0 Å². The van der Waals surface area contributed by atoms with Gasteiger partial charge in [0.1, 0.15) is 0 Å². The second kappa shape index (κ2) is 8.39. The Bertz CT molecular complexity index is 111. The second-order valence-electron chi connectivity index (χ2n) is 3.64. The van der Waals surface area contributed by atoms with E-state index in [-0.39, 0.29) is 7.20 Å². The normalized spacial score (nSPS) is 13.2. The first-order valence-corrected chi connectivity index (χ1v) is 10.3. The zero-order valence-electron chi connectivity index (χ0n) is 9.44. The second-order valence-corrected chi connectivity index (χ2v) is 12.7. The molecule has 0 fully saturated rings. The fourth-order valence-electron chi connectivity index (χ4n) is 1.46. The summed E-state index contributed by atoms with van der Waals surface area (Å²) in [5.41, 5.74) is 0. The van der Waals surface area contributed by atoms with Gasteiger partial charge in [0.15, 0.2) is 0 Å². The highest BCUT2D eigenvalue weighted by atomic mass is 127. The first-order chi connectivity index (χ1) is 6.18. The zero-order chi connectivity index (χ0) is 10.2. The van der Waals surface area contributed by atoms with Gasteiger partial charge in [-0.1, -0.05) is 46.5 Å². The van der Waals surface area contributed by atoms with E-state index in [4.69, 9.17) is 0 Å². The third kappa shape index (κ3) is 7.06. The lowest BCUT2D eigenvalue weighted by molar-refractivity contribution is 0.659. The summed E-state index contributed by atoms with van der Waals surface area (Å²) in [4.78, 5) is 0. The molecule has 0 aliphatic heterocycles. The standard InChI is InChI=1S/C11H25IS/c1-4-7-8-9-10-11-13(12,5-2)6-3/h4-11H2,1-3H3. The Kier molecular flexibility index (Phi) is 9.09. The maximum Gasteiger partial charge on any atom is -0.0144 e. The lowest BCUT2D eigenvalue weighted by atomic mass is 10.2. The molecule has 0 aromatic carbocycles. The molecular weight excluding hydrogens is 291 g/mol. The summed E-state index contributed by atoms with van der Waals surface area (Å²) >= 11 is 2.75. The van der Waals surface area contributed by atoms with E-state index in [0.717, 1.165) is 0 Å². The fraction of sp³-hybridized carbons (Fsp3) is 1.00. The van der Waals surface area contributed by atoms with Crippen LogP contribution in [0.15, 0.2) is 0 Å². The van der Waals surface area contributed by atoms with Gasteiger partial charge in [-0.3, -0.25) is 0 Å². The van der Waals surface area contributed by atoms with Crippen molar-refractivity contribution in [3.8, 4) is 0 Å². The molecule has 0 N–H and O–H groups in total. The molecule has 0 heterocycles. The summed E-state index contributed by atoms with van der Waals surface area (Å²) in [6.45, 7) is 7.00. The maximum atomic E-state index is 2.75. The lowest BCUT2D eigenvalue weighted by Gasteiger charge is -2.30. The molecule has 0 nitrogen and oxygen atoms in total. The van der Waals surface area contributed by atoms with Crippen LogP contribution in [0.1, 0.15) is 52.9 Å². The van der Waals surface area contributed by atoms with Crippen LogP contribution in [0.4, 0.5) is 0 Å². The van der Waals surface area contributed by atoms with E-state index < -0.39 is 0 Å². The molecule has 0 rings (SSSR count). The molecule has 0 saturated carbocycles. The van der Waals surface area contributed by atoms with E-state index in [1.54, 1.807) is 0 Å². The summed E-state index contributed by atoms with van der Waals surface area (Å²) in [6.07, 6.45) is 7.19. The molecule has 0 spiro atoms. The Balaban J connectivity index is 3.39. The van der Waals surface area contributed by atoms with Gasteiger partial charge in [0.25, 0.3) is 0 Å². The minimum Gasteiger partial charge on any atom is -0.188 e. The van der Waals surface area contributed by atoms with Crippen molar-refractivity contribution in [1.82, 2.24) is 0 Å². The molecule has 0 aliphatic carbocycles. The van der Waals surface area contributed by atoms with Crippen molar-refractivity contribution in [1.29, 1.82) is 0 Å². The van der Waals surface area contributed by atoms with Gasteiger partial charge < -0.3 is 0 Å². The average Bonchev–Trinajstić information content (AvgIpc) is 2.17. The van der Waals surface area contributed by atoms with Gasteiger partial charge in [-0.15, -0.1) is 0 Å². The molecule has 0 amide bonds. The monoisotopic (exact) mass is 316 g/mol. The maximum absolute atomic E-state index is 2.75. The van der Waals surface area contributed by atoms with E-state index in [2.05, 4.69) is 42.0 Å². The van der Waals surface area contributed by atoms with Crippen LogP contribution in [0.3, 0.4) is 0 Å². The van der Waals surface area contributed by atoms with Gasteiger partial charge in [-0.05, 0) is 44.9 Å². The number of hydrogen-bond donors (Lipinski definition) is 0.